The molecule has 1 aliphatic heterocycles. The first-order chi connectivity index (χ1) is 14.1. The van der Waals surface area contributed by atoms with Crippen molar-refractivity contribution in [3.63, 3.8) is 0 Å². The number of hydrogen-bond acceptors (Lipinski definition) is 7. The van der Waals surface area contributed by atoms with Crippen molar-refractivity contribution in [3.8, 4) is 17.2 Å². The van der Waals surface area contributed by atoms with E-state index in [9.17, 15) is 15.0 Å². The Morgan fingerprint density at radius 2 is 1.72 bits per heavy atom. The maximum atomic E-state index is 12.6. The number of thioether (sulfide) groups is 1. The third-order valence-electron chi connectivity index (χ3n) is 4.90. The van der Waals surface area contributed by atoms with Crippen molar-refractivity contribution in [1.29, 1.82) is 0 Å². The van der Waals surface area contributed by atoms with Gasteiger partial charge in [-0.1, -0.05) is 30.0 Å². The van der Waals surface area contributed by atoms with E-state index in [1.165, 1.54) is 36.4 Å². The first kappa shape index (κ1) is 19.3. The number of nitrogens with zero attached hydrogens (tertiary/aromatic N) is 4. The van der Waals surface area contributed by atoms with E-state index in [-0.39, 0.29) is 23.0 Å². The Morgan fingerprint density at radius 1 is 0.966 bits per heavy atom. The summed E-state index contributed by atoms with van der Waals surface area (Å²) in [7, 11) is 0. The Morgan fingerprint density at radius 3 is 2.45 bits per heavy atom. The molecule has 2 N–H and O–H groups in total. The molecule has 0 unspecified atom stereocenters. The monoisotopic (exact) mass is 410 g/mol. The van der Waals surface area contributed by atoms with Gasteiger partial charge in [-0.3, -0.25) is 9.36 Å². The number of para-hydroxylation sites is 1. The molecule has 1 fully saturated rings. The van der Waals surface area contributed by atoms with Crippen molar-refractivity contribution in [3.05, 3.63) is 54.1 Å². The summed E-state index contributed by atoms with van der Waals surface area (Å²) in [5, 5.41) is 28.5. The van der Waals surface area contributed by atoms with Crippen molar-refractivity contribution in [2.45, 2.75) is 24.4 Å². The van der Waals surface area contributed by atoms with Crippen molar-refractivity contribution in [1.82, 2.24) is 14.8 Å². The summed E-state index contributed by atoms with van der Waals surface area (Å²) in [6.07, 6.45) is 3.49. The van der Waals surface area contributed by atoms with Crippen LogP contribution < -0.4 is 4.90 Å². The zero-order valence-corrected chi connectivity index (χ0v) is 16.7. The lowest BCUT2D eigenvalue weighted by Gasteiger charge is -2.27. The molecular formula is C21H22N4O3S. The normalized spacial score (nSPS) is 14.1. The third kappa shape index (κ3) is 4.22. The molecule has 1 saturated heterocycles. The second-order valence-electron chi connectivity index (χ2n) is 6.92. The Bertz CT molecular complexity index is 1000. The maximum Gasteiger partial charge on any atom is 0.232 e. The molecule has 0 bridgehead atoms. The standard InChI is InChI=1S/C21H22N4O3S/c26-17-10-9-15(13-18(17)27)19(28)14-29-21-23-22-20(24-11-5-2-6-12-24)25(21)16-7-3-1-4-8-16/h1,3-4,7-10,13,26-27H,2,5-6,11-12,14H2. The lowest BCUT2D eigenvalue weighted by Crippen LogP contribution is -2.31. The van der Waals surface area contributed by atoms with Crippen LogP contribution >= 0.6 is 11.8 Å². The van der Waals surface area contributed by atoms with Crippen molar-refractivity contribution in [2.75, 3.05) is 23.7 Å². The van der Waals surface area contributed by atoms with Crippen LogP contribution in [0.3, 0.4) is 0 Å². The minimum Gasteiger partial charge on any atom is -0.504 e. The molecule has 0 saturated carbocycles. The summed E-state index contributed by atoms with van der Waals surface area (Å²) in [5.74, 6) is 0.236. The Balaban J connectivity index is 1.59. The molecular weight excluding hydrogens is 388 g/mol. The maximum absolute atomic E-state index is 12.6. The number of Topliss-reactive ketones (excluding diaryl/α,β-unsaturated/α-hetero) is 1. The van der Waals surface area contributed by atoms with Crippen LogP contribution in [0.1, 0.15) is 29.6 Å². The van der Waals surface area contributed by atoms with Gasteiger partial charge in [-0.15, -0.1) is 10.2 Å². The fourth-order valence-electron chi connectivity index (χ4n) is 3.37. The van der Waals surface area contributed by atoms with Crippen molar-refractivity contribution < 1.29 is 15.0 Å². The average molecular weight is 410 g/mol. The second kappa shape index (κ2) is 8.57. The predicted octanol–water partition coefficient (Wildman–Crippen LogP) is 3.64. The van der Waals surface area contributed by atoms with Crippen LogP contribution in [0.15, 0.2) is 53.7 Å². The number of carbonyl (C=O) groups excluding carboxylic acids is 1. The van der Waals surface area contributed by atoms with Gasteiger partial charge in [-0.25, -0.2) is 0 Å². The van der Waals surface area contributed by atoms with E-state index in [1.54, 1.807) is 0 Å². The largest absolute Gasteiger partial charge is 0.504 e. The van der Waals surface area contributed by atoms with Crippen LogP contribution in [-0.4, -0.2) is 49.6 Å². The molecule has 2 heterocycles. The Hall–Kier alpha value is -3.00. The number of aromatic nitrogens is 3. The van der Waals surface area contributed by atoms with Gasteiger partial charge in [0.15, 0.2) is 22.4 Å². The van der Waals surface area contributed by atoms with E-state index in [2.05, 4.69) is 15.1 Å². The third-order valence-corrected chi connectivity index (χ3v) is 5.83. The predicted molar refractivity (Wildman–Crippen MR) is 112 cm³/mol. The zero-order valence-electron chi connectivity index (χ0n) is 15.9. The topological polar surface area (TPSA) is 91.5 Å². The molecule has 0 radical (unpaired) electrons. The molecule has 1 aromatic heterocycles. The fourth-order valence-corrected chi connectivity index (χ4v) is 4.21. The number of rotatable bonds is 6. The molecule has 0 atom stereocenters. The molecule has 7 nitrogen and oxygen atoms in total. The van der Waals surface area contributed by atoms with E-state index in [0.29, 0.717) is 10.7 Å². The molecule has 150 valence electrons. The average Bonchev–Trinajstić information content (AvgIpc) is 3.19. The van der Waals surface area contributed by atoms with Crippen LogP contribution in [0.5, 0.6) is 11.5 Å². The summed E-state index contributed by atoms with van der Waals surface area (Å²) in [6, 6.07) is 14.0. The van der Waals surface area contributed by atoms with Crippen LogP contribution in [0, 0.1) is 0 Å². The number of piperidine rings is 1. The highest BCUT2D eigenvalue weighted by molar-refractivity contribution is 7.99. The Kier molecular flexibility index (Phi) is 5.71. The number of phenolic OH excluding ortho intramolecular Hbond substituents is 2. The highest BCUT2D eigenvalue weighted by Crippen LogP contribution is 2.30. The van der Waals surface area contributed by atoms with Crippen molar-refractivity contribution >= 4 is 23.5 Å². The van der Waals surface area contributed by atoms with Gasteiger partial charge in [0.1, 0.15) is 0 Å². The number of carbonyl (C=O) groups is 1. The van der Waals surface area contributed by atoms with E-state index in [0.717, 1.165) is 37.6 Å². The molecule has 0 aliphatic carbocycles. The van der Waals surface area contributed by atoms with Gasteiger partial charge < -0.3 is 15.1 Å². The number of phenols is 2. The van der Waals surface area contributed by atoms with E-state index in [4.69, 9.17) is 0 Å². The SMILES string of the molecule is O=C(CSc1nnc(N2CCCCC2)n1-c1ccccc1)c1ccc(O)c(O)c1. The van der Waals surface area contributed by atoms with Gasteiger partial charge >= 0.3 is 0 Å². The number of hydrogen-bond donors (Lipinski definition) is 2. The summed E-state index contributed by atoms with van der Waals surface area (Å²) < 4.78 is 2.00. The molecule has 29 heavy (non-hydrogen) atoms. The van der Waals surface area contributed by atoms with Gasteiger partial charge in [0.25, 0.3) is 0 Å². The summed E-state index contributed by atoms with van der Waals surface area (Å²) >= 11 is 1.31. The quantitative estimate of drug-likeness (QED) is 0.364. The van der Waals surface area contributed by atoms with E-state index < -0.39 is 0 Å². The Labute approximate surface area is 173 Å². The van der Waals surface area contributed by atoms with Gasteiger partial charge in [-0.2, -0.15) is 0 Å². The second-order valence-corrected chi connectivity index (χ2v) is 7.86. The van der Waals surface area contributed by atoms with Gasteiger partial charge in [0.2, 0.25) is 5.95 Å². The summed E-state index contributed by atoms with van der Waals surface area (Å²) in [4.78, 5) is 14.8. The van der Waals surface area contributed by atoms with Crippen LogP contribution in [-0.2, 0) is 0 Å². The van der Waals surface area contributed by atoms with Crippen LogP contribution in [0.25, 0.3) is 5.69 Å². The molecule has 4 rings (SSSR count). The van der Waals surface area contributed by atoms with E-state index in [1.807, 2.05) is 34.9 Å². The first-order valence-electron chi connectivity index (χ1n) is 9.57. The van der Waals surface area contributed by atoms with Crippen LogP contribution in [0.2, 0.25) is 0 Å². The molecule has 3 aromatic rings. The van der Waals surface area contributed by atoms with Crippen molar-refractivity contribution in [2.24, 2.45) is 0 Å². The zero-order chi connectivity index (χ0) is 20.2. The smallest absolute Gasteiger partial charge is 0.232 e. The fraction of sp³-hybridized carbons (Fsp3) is 0.286. The number of anilines is 1. The first-order valence-corrected chi connectivity index (χ1v) is 10.6. The minimum absolute atomic E-state index is 0.148. The number of ketones is 1. The molecule has 2 aromatic carbocycles. The summed E-state index contributed by atoms with van der Waals surface area (Å²) in [5.41, 5.74) is 1.30. The molecule has 8 heteroatoms. The van der Waals surface area contributed by atoms with E-state index >= 15 is 0 Å². The van der Waals surface area contributed by atoms with Crippen LogP contribution in [0.4, 0.5) is 5.95 Å². The lowest BCUT2D eigenvalue weighted by atomic mass is 10.1. The minimum atomic E-state index is -0.305. The summed E-state index contributed by atoms with van der Waals surface area (Å²) in [6.45, 7) is 1.89. The molecule has 0 spiro atoms. The molecule has 0 amide bonds. The highest BCUT2D eigenvalue weighted by Gasteiger charge is 2.22. The number of benzene rings is 2. The molecule has 1 aliphatic rings. The number of aromatic hydroxyl groups is 2. The lowest BCUT2D eigenvalue weighted by molar-refractivity contribution is 0.102. The van der Waals surface area contributed by atoms with Gasteiger partial charge in [0.05, 0.1) is 11.4 Å². The van der Waals surface area contributed by atoms with Gasteiger partial charge in [0, 0.05) is 18.7 Å². The highest BCUT2D eigenvalue weighted by atomic mass is 32.2. The van der Waals surface area contributed by atoms with Gasteiger partial charge in [-0.05, 0) is 49.6 Å².